The summed E-state index contributed by atoms with van der Waals surface area (Å²) in [5, 5.41) is 13.4. The lowest BCUT2D eigenvalue weighted by Gasteiger charge is -2.13. The van der Waals surface area contributed by atoms with Crippen LogP contribution in [-0.2, 0) is 6.54 Å². The summed E-state index contributed by atoms with van der Waals surface area (Å²) < 4.78 is 9.24. The molecule has 2 aromatic carbocycles. The van der Waals surface area contributed by atoms with Crippen LogP contribution in [0.15, 0.2) is 59.5 Å². The second-order valence-electron chi connectivity index (χ2n) is 9.16. The number of aromatic nitrogens is 4. The van der Waals surface area contributed by atoms with Crippen molar-refractivity contribution in [2.75, 3.05) is 32.6 Å². The van der Waals surface area contributed by atoms with E-state index in [2.05, 4.69) is 20.2 Å². The van der Waals surface area contributed by atoms with Crippen molar-refractivity contribution in [1.29, 1.82) is 0 Å². The van der Waals surface area contributed by atoms with E-state index in [0.717, 1.165) is 37.1 Å². The minimum absolute atomic E-state index is 0.0807. The van der Waals surface area contributed by atoms with Crippen LogP contribution in [0.3, 0.4) is 0 Å². The third-order valence-electron chi connectivity index (χ3n) is 5.98. The van der Waals surface area contributed by atoms with E-state index in [1.165, 1.54) is 4.57 Å². The van der Waals surface area contributed by atoms with Crippen LogP contribution in [0.4, 0.5) is 5.95 Å². The largest absolute Gasteiger partial charge is 0.508 e. The van der Waals surface area contributed by atoms with Gasteiger partial charge in [-0.2, -0.15) is 4.98 Å². The van der Waals surface area contributed by atoms with Crippen molar-refractivity contribution in [3.8, 4) is 17.2 Å². The van der Waals surface area contributed by atoms with Gasteiger partial charge in [0.05, 0.1) is 25.0 Å². The molecule has 0 atom stereocenters. The minimum Gasteiger partial charge on any atom is -0.508 e. The number of hydrogen-bond acceptors (Lipinski definition) is 7. The molecule has 35 heavy (non-hydrogen) atoms. The third-order valence-corrected chi connectivity index (χ3v) is 5.98. The quantitative estimate of drug-likeness (QED) is 0.341. The molecular weight excluding hydrogens is 444 g/mol. The summed E-state index contributed by atoms with van der Waals surface area (Å²) >= 11 is 0. The van der Waals surface area contributed by atoms with Gasteiger partial charge in [0.2, 0.25) is 5.95 Å². The van der Waals surface area contributed by atoms with Crippen LogP contribution in [0, 0.1) is 0 Å². The number of nitrogens with one attached hydrogen (secondary N) is 1. The zero-order chi connectivity index (χ0) is 24.4. The number of para-hydroxylation sites is 1. The molecule has 0 unspecified atom stereocenters. The molecule has 1 saturated carbocycles. The van der Waals surface area contributed by atoms with Crippen LogP contribution >= 0.6 is 0 Å². The lowest BCUT2D eigenvalue weighted by atomic mass is 10.2. The number of anilines is 1. The fraction of sp³-hybridized carbons (Fsp3) is 0.346. The average Bonchev–Trinajstić information content (AvgIpc) is 3.61. The molecule has 2 heterocycles. The van der Waals surface area contributed by atoms with Crippen LogP contribution < -0.4 is 15.7 Å². The molecule has 2 aromatic heterocycles. The van der Waals surface area contributed by atoms with Crippen molar-refractivity contribution in [3.05, 3.63) is 70.8 Å². The van der Waals surface area contributed by atoms with E-state index >= 15 is 0 Å². The van der Waals surface area contributed by atoms with Gasteiger partial charge in [0.15, 0.2) is 5.65 Å². The molecule has 0 saturated heterocycles. The van der Waals surface area contributed by atoms with Gasteiger partial charge in [-0.05, 0) is 51.6 Å². The second-order valence-corrected chi connectivity index (χ2v) is 9.16. The Hall–Kier alpha value is -3.85. The zero-order valence-electron chi connectivity index (χ0n) is 20.0. The maximum atomic E-state index is 13.7. The SMILES string of the molecule is CN(C)CCCOc1ccccc1Cn1c(=O)n(-c2cccc(O)c2)c2nc(NC3CC3)ncc21. The number of benzene rings is 2. The molecule has 4 aromatic rings. The van der Waals surface area contributed by atoms with E-state index in [0.29, 0.717) is 42.0 Å². The molecule has 2 N–H and O–H groups in total. The number of ether oxygens (including phenoxy) is 1. The molecule has 9 heteroatoms. The smallest absolute Gasteiger partial charge is 0.335 e. The number of imidazole rings is 1. The highest BCUT2D eigenvalue weighted by molar-refractivity contribution is 5.74. The Kier molecular flexibility index (Phi) is 6.41. The standard InChI is InChI=1S/C26H30N6O3/c1-30(2)13-6-14-35-23-10-4-3-7-18(23)17-31-22-16-27-25(28-19-11-12-19)29-24(22)32(26(31)34)20-8-5-9-21(33)15-20/h3-5,7-10,15-16,19,33H,6,11-14,17H2,1-2H3,(H,27,28,29). The van der Waals surface area contributed by atoms with E-state index in [1.807, 2.05) is 38.4 Å². The van der Waals surface area contributed by atoms with Crippen LogP contribution in [0.2, 0.25) is 0 Å². The summed E-state index contributed by atoms with van der Waals surface area (Å²) in [5.41, 5.74) is 2.29. The van der Waals surface area contributed by atoms with Crippen LogP contribution in [0.5, 0.6) is 11.5 Å². The number of phenolic OH excluding ortho intramolecular Hbond substituents is 1. The van der Waals surface area contributed by atoms with Gasteiger partial charge in [-0.1, -0.05) is 24.3 Å². The first kappa shape index (κ1) is 22.9. The van der Waals surface area contributed by atoms with Crippen molar-refractivity contribution in [1.82, 2.24) is 24.0 Å². The second kappa shape index (κ2) is 9.79. The molecule has 5 rings (SSSR count). The van der Waals surface area contributed by atoms with Gasteiger partial charge in [-0.15, -0.1) is 0 Å². The zero-order valence-corrected chi connectivity index (χ0v) is 20.0. The molecule has 182 valence electrons. The molecular formula is C26H30N6O3. The molecule has 1 aliphatic carbocycles. The highest BCUT2D eigenvalue weighted by Gasteiger charge is 2.24. The van der Waals surface area contributed by atoms with Crippen LogP contribution in [0.25, 0.3) is 16.9 Å². The first-order chi connectivity index (χ1) is 17.0. The highest BCUT2D eigenvalue weighted by atomic mass is 16.5. The summed E-state index contributed by atoms with van der Waals surface area (Å²) in [7, 11) is 4.08. The van der Waals surface area contributed by atoms with Crippen molar-refractivity contribution in [3.63, 3.8) is 0 Å². The van der Waals surface area contributed by atoms with Crippen LogP contribution in [-0.4, -0.2) is 62.4 Å². The van der Waals surface area contributed by atoms with Gasteiger partial charge in [0.1, 0.15) is 17.0 Å². The number of phenols is 1. The Morgan fingerprint density at radius 1 is 1.17 bits per heavy atom. The van der Waals surface area contributed by atoms with Gasteiger partial charge in [-0.25, -0.2) is 14.3 Å². The lowest BCUT2D eigenvalue weighted by molar-refractivity contribution is 0.279. The van der Waals surface area contributed by atoms with E-state index in [1.54, 1.807) is 35.0 Å². The Balaban J connectivity index is 1.54. The molecule has 0 spiro atoms. The van der Waals surface area contributed by atoms with E-state index in [4.69, 9.17) is 4.74 Å². The van der Waals surface area contributed by atoms with Gasteiger partial charge in [-0.3, -0.25) is 4.57 Å². The first-order valence-corrected chi connectivity index (χ1v) is 11.9. The Morgan fingerprint density at radius 2 is 2.00 bits per heavy atom. The van der Waals surface area contributed by atoms with Gasteiger partial charge in [0, 0.05) is 24.2 Å². The number of nitrogens with zero attached hydrogens (tertiary/aromatic N) is 5. The molecule has 1 aliphatic rings. The maximum Gasteiger partial charge on any atom is 0.335 e. The molecule has 0 amide bonds. The van der Waals surface area contributed by atoms with E-state index in [9.17, 15) is 9.90 Å². The summed E-state index contributed by atoms with van der Waals surface area (Å²) in [4.78, 5) is 25.0. The number of hydrogen-bond donors (Lipinski definition) is 2. The van der Waals surface area contributed by atoms with Gasteiger partial charge < -0.3 is 20.1 Å². The monoisotopic (exact) mass is 474 g/mol. The van der Waals surface area contributed by atoms with Crippen molar-refractivity contribution < 1.29 is 9.84 Å². The Bertz CT molecular complexity index is 1390. The summed E-state index contributed by atoms with van der Waals surface area (Å²) in [6.07, 6.45) is 4.77. The van der Waals surface area contributed by atoms with Gasteiger partial charge >= 0.3 is 5.69 Å². The summed E-state index contributed by atoms with van der Waals surface area (Å²) in [6, 6.07) is 14.8. The number of fused-ring (bicyclic) bond motifs is 1. The van der Waals surface area contributed by atoms with Crippen molar-refractivity contribution in [2.45, 2.75) is 31.8 Å². The average molecular weight is 475 g/mol. The van der Waals surface area contributed by atoms with Gasteiger partial charge in [0.25, 0.3) is 0 Å². The number of aromatic hydroxyl groups is 1. The predicted molar refractivity (Wildman–Crippen MR) is 136 cm³/mol. The van der Waals surface area contributed by atoms with Crippen LogP contribution in [0.1, 0.15) is 24.8 Å². The van der Waals surface area contributed by atoms with E-state index in [-0.39, 0.29) is 11.4 Å². The topological polar surface area (TPSA) is 97.4 Å². The molecule has 0 bridgehead atoms. The minimum atomic E-state index is -0.258. The Labute approximate surface area is 203 Å². The normalized spacial score (nSPS) is 13.5. The number of rotatable bonds is 10. The highest BCUT2D eigenvalue weighted by Crippen LogP contribution is 2.26. The predicted octanol–water partition coefficient (Wildman–Crippen LogP) is 3.24. The van der Waals surface area contributed by atoms with Crippen molar-refractivity contribution in [2.24, 2.45) is 0 Å². The Morgan fingerprint density at radius 3 is 2.77 bits per heavy atom. The summed E-state index contributed by atoms with van der Waals surface area (Å²) in [6.45, 7) is 1.84. The fourth-order valence-electron chi connectivity index (χ4n) is 4.04. The fourth-order valence-corrected chi connectivity index (χ4v) is 4.04. The van der Waals surface area contributed by atoms with E-state index < -0.39 is 0 Å². The molecule has 1 fully saturated rings. The molecule has 0 radical (unpaired) electrons. The van der Waals surface area contributed by atoms with Crippen molar-refractivity contribution >= 4 is 17.1 Å². The molecule has 9 nitrogen and oxygen atoms in total. The third kappa shape index (κ3) is 5.14. The molecule has 0 aliphatic heterocycles. The lowest BCUT2D eigenvalue weighted by Crippen LogP contribution is -2.24. The summed E-state index contributed by atoms with van der Waals surface area (Å²) in [5.74, 6) is 1.33. The first-order valence-electron chi connectivity index (χ1n) is 11.9. The maximum absolute atomic E-state index is 13.7.